The van der Waals surface area contributed by atoms with Crippen molar-refractivity contribution in [3.05, 3.63) is 0 Å². The number of guanidine groups is 1. The van der Waals surface area contributed by atoms with Crippen molar-refractivity contribution in [2.45, 2.75) is 0 Å². The molecule has 0 amide bonds. The molecule has 4 nitrogen and oxygen atoms in total. The molecule has 0 bridgehead atoms. The van der Waals surface area contributed by atoms with Crippen LogP contribution in [0.2, 0.25) is 0 Å². The fourth-order valence-electron chi connectivity index (χ4n) is 0. The zero-order valence-corrected chi connectivity index (χ0v) is 12.9. The van der Waals surface area contributed by atoms with E-state index in [9.17, 15) is 0 Å². The van der Waals surface area contributed by atoms with Gasteiger partial charge < -0.3 is 12.9 Å². The monoisotopic (exact) mass is 288 g/mol. The minimum absolute atomic E-state index is 0. The van der Waals surface area contributed by atoms with E-state index in [0.717, 1.165) is 0 Å². The standard InChI is InChI=1S/CH5N3.CHNS.ClH.Cs.H/c2-1(3)4;2-1-3;;;/h(H5,2,3,4);2H;1H;;/q;;;+1;-1. The molecule has 7 heteroatoms. The van der Waals surface area contributed by atoms with Gasteiger partial charge in [0.25, 0.3) is 0 Å². The number of nitrogens with two attached hydrogens (primary N) is 2. The van der Waals surface area contributed by atoms with E-state index in [1.165, 1.54) is 0 Å². The van der Waals surface area contributed by atoms with Crippen LogP contribution in [0.15, 0.2) is 0 Å². The smallest absolute Gasteiger partial charge is 1.00 e. The molecule has 0 aliphatic heterocycles. The summed E-state index contributed by atoms with van der Waals surface area (Å²) in [7, 11) is 0. The van der Waals surface area contributed by atoms with Crippen LogP contribution in [-0.4, -0.2) is 11.1 Å². The number of nitrogens with one attached hydrogen (secondary N) is 2. The van der Waals surface area contributed by atoms with Gasteiger partial charge in [0.2, 0.25) is 0 Å². The van der Waals surface area contributed by atoms with Gasteiger partial charge in [0.1, 0.15) is 0 Å². The van der Waals surface area contributed by atoms with Crippen molar-refractivity contribution in [3.8, 4) is 0 Å². The van der Waals surface area contributed by atoms with E-state index in [1.54, 1.807) is 5.16 Å². The van der Waals surface area contributed by atoms with Crippen LogP contribution in [0.5, 0.6) is 0 Å². The summed E-state index contributed by atoms with van der Waals surface area (Å²) in [5.41, 5.74) is 8.94. The van der Waals surface area contributed by atoms with Crippen molar-refractivity contribution in [1.82, 2.24) is 0 Å². The van der Waals surface area contributed by atoms with Crippen molar-refractivity contribution in [1.29, 1.82) is 10.8 Å². The van der Waals surface area contributed by atoms with Crippen LogP contribution in [0, 0.1) is 10.8 Å². The first-order valence-corrected chi connectivity index (χ1v) is 1.69. The number of hydrogen-bond acceptors (Lipinski definition) is 3. The summed E-state index contributed by atoms with van der Waals surface area (Å²) in [5.74, 6) is -0.333. The molecular weight excluding hydrogens is 280 g/mol. The van der Waals surface area contributed by atoms with Crippen LogP contribution < -0.4 is 80.4 Å². The Labute approximate surface area is 125 Å². The first kappa shape index (κ1) is 22.4. The minimum atomic E-state index is -0.333. The zero-order chi connectivity index (χ0) is 6.28. The van der Waals surface area contributed by atoms with Gasteiger partial charge in [-0.3, -0.25) is 5.41 Å². The van der Waals surface area contributed by atoms with Gasteiger partial charge in [-0.05, 0) is 12.2 Å². The maximum absolute atomic E-state index is 6.06. The number of rotatable bonds is 0. The first-order valence-electron chi connectivity index (χ1n) is 1.28. The average molecular weight is 289 g/mol. The van der Waals surface area contributed by atoms with Gasteiger partial charge in [-0.2, -0.15) is 0 Å². The predicted octanol–water partition coefficient (Wildman–Crippen LogP) is -2.96. The molecular formula is C2H8ClCsN4S. The second-order valence-electron chi connectivity index (χ2n) is 0.557. The van der Waals surface area contributed by atoms with E-state index in [2.05, 4.69) is 23.7 Å². The molecule has 0 unspecified atom stereocenters. The Morgan fingerprint density at radius 1 is 1.56 bits per heavy atom. The first-order chi connectivity index (χ1) is 3.15. The van der Waals surface area contributed by atoms with Crippen molar-refractivity contribution in [2.24, 2.45) is 11.5 Å². The third-order valence-corrected chi connectivity index (χ3v) is 0. The number of isothiocyanates is 1. The molecule has 0 fully saturated rings. The maximum atomic E-state index is 6.06. The molecule has 0 heterocycles. The normalized spacial score (nSPS) is 3.56. The van der Waals surface area contributed by atoms with Gasteiger partial charge in [-0.25, -0.2) is 5.41 Å². The van der Waals surface area contributed by atoms with Gasteiger partial charge in [0.05, 0.1) is 5.16 Å². The molecule has 0 aromatic rings. The fraction of sp³-hybridized carbons (Fsp3) is 0. The van der Waals surface area contributed by atoms with Crippen LogP contribution in [0.4, 0.5) is 0 Å². The van der Waals surface area contributed by atoms with Crippen molar-refractivity contribution < 1.29 is 70.3 Å². The van der Waals surface area contributed by atoms with Crippen LogP contribution in [-0.2, 0) is 0 Å². The Morgan fingerprint density at radius 3 is 1.56 bits per heavy atom. The SMILES string of the molecule is Cl.N=C(N)N.N=C=S.[Cs+].[H-]. The Bertz CT molecular complexity index is 91.3. The maximum Gasteiger partial charge on any atom is 1.00 e. The molecule has 6 N–H and O–H groups in total. The Balaban J connectivity index is -0.0000000131. The summed E-state index contributed by atoms with van der Waals surface area (Å²) < 4.78 is 0. The second kappa shape index (κ2) is 22.7. The van der Waals surface area contributed by atoms with Crippen LogP contribution in [0.3, 0.4) is 0 Å². The van der Waals surface area contributed by atoms with Gasteiger partial charge >= 0.3 is 68.9 Å². The summed E-state index contributed by atoms with van der Waals surface area (Å²) in [6.07, 6.45) is 0. The summed E-state index contributed by atoms with van der Waals surface area (Å²) in [6.45, 7) is 0. The summed E-state index contributed by atoms with van der Waals surface area (Å²) in [5, 5.41) is 13.4. The predicted molar refractivity (Wildman–Crippen MR) is 39.8 cm³/mol. The average Bonchev–Trinajstić information content (AvgIpc) is 1.33. The Hall–Kier alpha value is 1.41. The largest absolute Gasteiger partial charge is 1.00 e. The van der Waals surface area contributed by atoms with Crippen LogP contribution in [0.25, 0.3) is 0 Å². The van der Waals surface area contributed by atoms with Gasteiger partial charge in [-0.1, -0.05) is 0 Å². The molecule has 0 aromatic carbocycles. The summed E-state index contributed by atoms with van der Waals surface area (Å²) in [4.78, 5) is 0. The molecule has 0 spiro atoms. The van der Waals surface area contributed by atoms with E-state index in [4.69, 9.17) is 10.8 Å². The quantitative estimate of drug-likeness (QED) is 0.218. The summed E-state index contributed by atoms with van der Waals surface area (Å²) >= 11 is 3.81. The molecule has 0 aliphatic carbocycles. The van der Waals surface area contributed by atoms with E-state index in [1.807, 2.05) is 0 Å². The molecule has 0 aliphatic rings. The Morgan fingerprint density at radius 2 is 1.56 bits per heavy atom. The number of hydrogen-bond donors (Lipinski definition) is 4. The zero-order valence-electron chi connectivity index (χ0n) is 5.97. The number of halogens is 1. The second-order valence-corrected chi connectivity index (χ2v) is 0.762. The molecule has 0 rings (SSSR count). The molecule has 9 heavy (non-hydrogen) atoms. The minimum Gasteiger partial charge on any atom is -1.00 e. The van der Waals surface area contributed by atoms with Crippen LogP contribution >= 0.6 is 24.6 Å². The van der Waals surface area contributed by atoms with Gasteiger partial charge in [-0.15, -0.1) is 12.4 Å². The fourth-order valence-corrected chi connectivity index (χ4v) is 0. The van der Waals surface area contributed by atoms with E-state index >= 15 is 0 Å². The van der Waals surface area contributed by atoms with E-state index in [-0.39, 0.29) is 88.7 Å². The molecule has 50 valence electrons. The van der Waals surface area contributed by atoms with Crippen molar-refractivity contribution in [2.75, 3.05) is 0 Å². The van der Waals surface area contributed by atoms with E-state index < -0.39 is 0 Å². The third kappa shape index (κ3) is 259. The summed E-state index contributed by atoms with van der Waals surface area (Å²) in [6, 6.07) is 0. The third-order valence-electron chi connectivity index (χ3n) is 0. The number of thiocarbonyl (C=S) groups is 1. The topological polar surface area (TPSA) is 99.7 Å². The van der Waals surface area contributed by atoms with Gasteiger partial charge in [0.15, 0.2) is 5.96 Å². The Kier molecular flexibility index (Phi) is 56.7. The molecule has 0 saturated carbocycles. The van der Waals surface area contributed by atoms with Crippen molar-refractivity contribution >= 4 is 35.7 Å². The van der Waals surface area contributed by atoms with Crippen LogP contribution in [0.1, 0.15) is 1.43 Å². The molecule has 0 saturated heterocycles. The van der Waals surface area contributed by atoms with Crippen molar-refractivity contribution in [3.63, 3.8) is 0 Å². The van der Waals surface area contributed by atoms with Gasteiger partial charge in [0, 0.05) is 0 Å². The molecule has 0 aromatic heterocycles. The molecule has 0 atom stereocenters. The molecule has 0 radical (unpaired) electrons. The van der Waals surface area contributed by atoms with E-state index in [0.29, 0.717) is 0 Å².